The minimum atomic E-state index is 0.612. The van der Waals surface area contributed by atoms with Crippen molar-refractivity contribution in [2.24, 2.45) is 5.92 Å². The number of rotatable bonds is 5. The molecule has 2 heterocycles. The third kappa shape index (κ3) is 2.66. The van der Waals surface area contributed by atoms with Crippen LogP contribution < -0.4 is 5.32 Å². The largest absolute Gasteiger partial charge is 0.469 e. The number of nitrogens with one attached hydrogen (secondary N) is 1. The van der Waals surface area contributed by atoms with Crippen molar-refractivity contribution in [3.63, 3.8) is 0 Å². The fourth-order valence-electron chi connectivity index (χ4n) is 4.00. The van der Waals surface area contributed by atoms with E-state index in [2.05, 4.69) is 16.3 Å². The van der Waals surface area contributed by atoms with Crippen molar-refractivity contribution in [1.29, 1.82) is 0 Å². The first kappa shape index (κ1) is 12.9. The summed E-state index contributed by atoms with van der Waals surface area (Å²) >= 11 is 0. The summed E-state index contributed by atoms with van der Waals surface area (Å²) in [7, 11) is 0. The van der Waals surface area contributed by atoms with Crippen LogP contribution in [0.1, 0.15) is 55.9 Å². The monoisotopic (exact) mass is 274 g/mol. The average molecular weight is 274 g/mol. The normalized spacial score (nSPS) is 29.9. The molecule has 0 amide bonds. The van der Waals surface area contributed by atoms with E-state index in [1.807, 2.05) is 6.26 Å². The highest BCUT2D eigenvalue weighted by Crippen LogP contribution is 2.38. The van der Waals surface area contributed by atoms with Gasteiger partial charge in [-0.25, -0.2) is 0 Å². The Bertz CT molecular complexity index is 446. The van der Waals surface area contributed by atoms with E-state index in [1.54, 1.807) is 0 Å². The van der Waals surface area contributed by atoms with Crippen LogP contribution in [0, 0.1) is 5.92 Å². The highest BCUT2D eigenvalue weighted by molar-refractivity contribution is 5.24. The Balaban J connectivity index is 1.51. The molecule has 1 saturated heterocycles. The van der Waals surface area contributed by atoms with Gasteiger partial charge in [0, 0.05) is 37.2 Å². The molecule has 1 N–H and O–H groups in total. The third-order valence-corrected chi connectivity index (χ3v) is 5.27. The highest BCUT2D eigenvalue weighted by atomic mass is 16.3. The quantitative estimate of drug-likeness (QED) is 0.894. The SMILES string of the molecule is c1cc2c(o1)CCCC2N(CC1CC1)CC1CCCN1. The second-order valence-electron chi connectivity index (χ2n) is 6.90. The van der Waals surface area contributed by atoms with Crippen molar-refractivity contribution in [3.8, 4) is 0 Å². The van der Waals surface area contributed by atoms with Gasteiger partial charge in [-0.1, -0.05) is 0 Å². The molecule has 0 radical (unpaired) electrons. The Morgan fingerprint density at radius 2 is 2.10 bits per heavy atom. The molecule has 2 fully saturated rings. The number of furan rings is 1. The molecule has 20 heavy (non-hydrogen) atoms. The summed E-state index contributed by atoms with van der Waals surface area (Å²) in [6.07, 6.45) is 11.2. The summed E-state index contributed by atoms with van der Waals surface area (Å²) in [4.78, 5) is 2.77. The Hall–Kier alpha value is -0.800. The van der Waals surface area contributed by atoms with Crippen LogP contribution in [0.5, 0.6) is 0 Å². The van der Waals surface area contributed by atoms with Crippen LogP contribution in [0.3, 0.4) is 0 Å². The molecule has 1 aromatic heterocycles. The second kappa shape index (κ2) is 5.53. The second-order valence-corrected chi connectivity index (χ2v) is 6.90. The molecule has 0 bridgehead atoms. The van der Waals surface area contributed by atoms with Crippen molar-refractivity contribution >= 4 is 0 Å². The summed E-state index contributed by atoms with van der Waals surface area (Å²) in [5.74, 6) is 2.22. The van der Waals surface area contributed by atoms with Gasteiger partial charge in [0.15, 0.2) is 0 Å². The lowest BCUT2D eigenvalue weighted by Gasteiger charge is -2.35. The van der Waals surface area contributed by atoms with Crippen molar-refractivity contribution in [2.75, 3.05) is 19.6 Å². The minimum Gasteiger partial charge on any atom is -0.469 e. The Morgan fingerprint density at radius 3 is 2.90 bits per heavy atom. The van der Waals surface area contributed by atoms with E-state index in [9.17, 15) is 0 Å². The predicted octanol–water partition coefficient (Wildman–Crippen LogP) is 3.12. The summed E-state index contributed by atoms with van der Waals surface area (Å²) in [5, 5.41) is 3.67. The summed E-state index contributed by atoms with van der Waals surface area (Å²) in [6, 6.07) is 3.55. The van der Waals surface area contributed by atoms with Gasteiger partial charge in [0.25, 0.3) is 0 Å². The van der Waals surface area contributed by atoms with Gasteiger partial charge in [-0.15, -0.1) is 0 Å². The number of fused-ring (bicyclic) bond motifs is 1. The summed E-state index contributed by atoms with van der Waals surface area (Å²) < 4.78 is 5.68. The molecule has 0 spiro atoms. The van der Waals surface area contributed by atoms with E-state index < -0.39 is 0 Å². The van der Waals surface area contributed by atoms with Crippen LogP contribution in [0.2, 0.25) is 0 Å². The van der Waals surface area contributed by atoms with E-state index in [-0.39, 0.29) is 0 Å². The molecule has 110 valence electrons. The predicted molar refractivity (Wildman–Crippen MR) is 79.7 cm³/mol. The molecule has 2 aliphatic carbocycles. The maximum absolute atomic E-state index is 5.68. The number of nitrogens with zero attached hydrogens (tertiary/aromatic N) is 1. The van der Waals surface area contributed by atoms with Crippen LogP contribution in [-0.4, -0.2) is 30.6 Å². The molecule has 0 aromatic carbocycles. The van der Waals surface area contributed by atoms with Crippen molar-refractivity contribution in [2.45, 2.75) is 57.0 Å². The van der Waals surface area contributed by atoms with Crippen molar-refractivity contribution in [3.05, 3.63) is 23.7 Å². The van der Waals surface area contributed by atoms with Crippen LogP contribution in [0.15, 0.2) is 16.7 Å². The van der Waals surface area contributed by atoms with Gasteiger partial charge in [0.1, 0.15) is 5.76 Å². The van der Waals surface area contributed by atoms with E-state index in [4.69, 9.17) is 4.42 Å². The first-order valence-corrected chi connectivity index (χ1v) is 8.44. The highest BCUT2D eigenvalue weighted by Gasteiger charge is 2.33. The number of hydrogen-bond acceptors (Lipinski definition) is 3. The Morgan fingerprint density at radius 1 is 1.15 bits per heavy atom. The van der Waals surface area contributed by atoms with Gasteiger partial charge in [0.05, 0.1) is 6.26 Å². The lowest BCUT2D eigenvalue weighted by atomic mass is 9.91. The number of aryl methyl sites for hydroxylation is 1. The third-order valence-electron chi connectivity index (χ3n) is 5.27. The molecule has 4 rings (SSSR count). The first-order chi connectivity index (χ1) is 9.90. The zero-order chi connectivity index (χ0) is 13.4. The molecule has 1 aromatic rings. The van der Waals surface area contributed by atoms with Gasteiger partial charge in [-0.3, -0.25) is 4.90 Å². The molecular formula is C17H26N2O. The lowest BCUT2D eigenvalue weighted by molar-refractivity contribution is 0.154. The molecule has 1 aliphatic heterocycles. The van der Waals surface area contributed by atoms with Gasteiger partial charge < -0.3 is 9.73 Å². The lowest BCUT2D eigenvalue weighted by Crippen LogP contribution is -2.41. The zero-order valence-electron chi connectivity index (χ0n) is 12.3. The number of hydrogen-bond donors (Lipinski definition) is 1. The van der Waals surface area contributed by atoms with E-state index in [1.165, 1.54) is 69.5 Å². The van der Waals surface area contributed by atoms with Crippen molar-refractivity contribution < 1.29 is 4.42 Å². The zero-order valence-corrected chi connectivity index (χ0v) is 12.3. The van der Waals surface area contributed by atoms with Gasteiger partial charge in [0.2, 0.25) is 0 Å². The van der Waals surface area contributed by atoms with Crippen LogP contribution in [-0.2, 0) is 6.42 Å². The van der Waals surface area contributed by atoms with Crippen LogP contribution >= 0.6 is 0 Å². The maximum Gasteiger partial charge on any atom is 0.108 e. The van der Waals surface area contributed by atoms with E-state index in [0.29, 0.717) is 12.1 Å². The smallest absolute Gasteiger partial charge is 0.108 e. The van der Waals surface area contributed by atoms with Gasteiger partial charge in [-0.2, -0.15) is 0 Å². The van der Waals surface area contributed by atoms with Crippen LogP contribution in [0.25, 0.3) is 0 Å². The standard InChI is InChI=1S/C17H26N2O/c1-4-16(15-8-10-20-17(15)5-1)19(11-13-6-7-13)12-14-3-2-9-18-14/h8,10,13-14,16,18H,1-7,9,11-12H2. The van der Waals surface area contributed by atoms with Gasteiger partial charge in [-0.05, 0) is 57.1 Å². The fourth-order valence-corrected chi connectivity index (χ4v) is 4.00. The van der Waals surface area contributed by atoms with Crippen molar-refractivity contribution in [1.82, 2.24) is 10.2 Å². The molecule has 3 nitrogen and oxygen atoms in total. The Labute approximate surface area is 121 Å². The molecule has 2 atom stereocenters. The molecule has 1 saturated carbocycles. The minimum absolute atomic E-state index is 0.612. The first-order valence-electron chi connectivity index (χ1n) is 8.44. The Kier molecular flexibility index (Phi) is 3.57. The maximum atomic E-state index is 5.68. The topological polar surface area (TPSA) is 28.4 Å². The van der Waals surface area contributed by atoms with Crippen LogP contribution in [0.4, 0.5) is 0 Å². The molecule has 3 heteroatoms. The fraction of sp³-hybridized carbons (Fsp3) is 0.765. The van der Waals surface area contributed by atoms with E-state index >= 15 is 0 Å². The van der Waals surface area contributed by atoms with E-state index in [0.717, 1.165) is 12.3 Å². The van der Waals surface area contributed by atoms with Gasteiger partial charge >= 0.3 is 0 Å². The summed E-state index contributed by atoms with van der Waals surface area (Å²) in [5.41, 5.74) is 1.48. The summed E-state index contributed by atoms with van der Waals surface area (Å²) in [6.45, 7) is 3.74. The molecule has 2 unspecified atom stereocenters. The molecular weight excluding hydrogens is 248 g/mol. The molecule has 3 aliphatic rings. The average Bonchev–Trinajstić information content (AvgIpc) is 2.93.